The Labute approximate surface area is 220 Å². The van der Waals surface area contributed by atoms with Crippen molar-refractivity contribution in [3.05, 3.63) is 0 Å². The molecule has 14 heteroatoms. The zero-order valence-corrected chi connectivity index (χ0v) is 22.5. The Morgan fingerprint density at radius 3 is 0.633 bits per heavy atom. The Morgan fingerprint density at radius 1 is 0.267 bits per heavy atom. The van der Waals surface area contributed by atoms with Crippen LogP contribution in [0.3, 0.4) is 0 Å². The molecule has 0 unspecified atom stereocenters. The van der Waals surface area contributed by atoms with Gasteiger partial charge >= 0.3 is 0 Å². The highest BCUT2D eigenvalue weighted by molar-refractivity contribution is 5.86. The maximum atomic E-state index is 5.57. The van der Waals surface area contributed by atoms with Crippen molar-refractivity contribution in [2.24, 2.45) is 0 Å². The first kappa shape index (κ1) is 45.0. The molecule has 1 rings (SSSR count). The van der Waals surface area contributed by atoms with E-state index in [1.165, 1.54) is 0 Å². The van der Waals surface area contributed by atoms with E-state index in [4.69, 9.17) is 9.47 Å². The highest BCUT2D eigenvalue weighted by Crippen LogP contribution is 1.74. The standard InChI is InChI=1S/C16H38N6O2.6ClH/c1-5-19-9-13-23-15-11-21-7-3-18-4-8-22-12-16-24-14-10-20-6-2-17-1;;;;;;/h17-22H,1-16H2;6*1H. The average Bonchev–Trinajstić information content (AvgIpc) is 2.59. The Balaban J connectivity index is -0.000000240. The molecule has 0 aliphatic carbocycles. The van der Waals surface area contributed by atoms with Crippen LogP contribution in [0.2, 0.25) is 0 Å². The second-order valence-corrected chi connectivity index (χ2v) is 5.72. The minimum absolute atomic E-state index is 0. The topological polar surface area (TPSA) is 90.6 Å². The largest absolute Gasteiger partial charge is 0.379 e. The third-order valence-corrected chi connectivity index (χ3v) is 3.61. The molecule has 0 radical (unpaired) electrons. The molecule has 8 nitrogen and oxygen atoms in total. The van der Waals surface area contributed by atoms with Crippen LogP contribution >= 0.6 is 74.4 Å². The van der Waals surface area contributed by atoms with Crippen molar-refractivity contribution in [2.75, 3.05) is 105 Å². The SMILES string of the molecule is C1CNCCOCCNCCNCCNCCOCCNCCN1.Cl.Cl.Cl.Cl.Cl.Cl. The first-order valence-electron chi connectivity index (χ1n) is 9.40. The maximum Gasteiger partial charge on any atom is 0.0591 e. The summed E-state index contributed by atoms with van der Waals surface area (Å²) in [5.74, 6) is 0. The van der Waals surface area contributed by atoms with Crippen LogP contribution in [-0.4, -0.2) is 105 Å². The summed E-state index contributed by atoms with van der Waals surface area (Å²) >= 11 is 0. The van der Waals surface area contributed by atoms with Gasteiger partial charge in [0, 0.05) is 78.5 Å². The van der Waals surface area contributed by atoms with Crippen LogP contribution in [0.4, 0.5) is 0 Å². The van der Waals surface area contributed by atoms with Crippen LogP contribution in [-0.2, 0) is 9.47 Å². The van der Waals surface area contributed by atoms with Gasteiger partial charge < -0.3 is 41.4 Å². The van der Waals surface area contributed by atoms with Gasteiger partial charge in [0.1, 0.15) is 0 Å². The normalized spacial score (nSPS) is 19.2. The van der Waals surface area contributed by atoms with E-state index in [2.05, 4.69) is 31.9 Å². The molecule has 1 aliphatic rings. The third kappa shape index (κ3) is 36.8. The molecule has 1 heterocycles. The lowest BCUT2D eigenvalue weighted by Gasteiger charge is -2.10. The minimum Gasteiger partial charge on any atom is -0.379 e. The van der Waals surface area contributed by atoms with Gasteiger partial charge in [0.05, 0.1) is 26.4 Å². The van der Waals surface area contributed by atoms with Crippen LogP contribution < -0.4 is 31.9 Å². The van der Waals surface area contributed by atoms with Crippen LogP contribution in [0, 0.1) is 0 Å². The summed E-state index contributed by atoms with van der Waals surface area (Å²) in [6, 6.07) is 0. The zero-order valence-electron chi connectivity index (χ0n) is 17.6. The van der Waals surface area contributed by atoms with Crippen LogP contribution in [0.5, 0.6) is 0 Å². The van der Waals surface area contributed by atoms with Gasteiger partial charge in [-0.1, -0.05) is 0 Å². The minimum atomic E-state index is 0. The van der Waals surface area contributed by atoms with Crippen molar-refractivity contribution in [3.63, 3.8) is 0 Å². The second-order valence-electron chi connectivity index (χ2n) is 5.72. The molecule has 0 spiro atoms. The molecule has 0 amide bonds. The highest BCUT2D eigenvalue weighted by atomic mass is 35.5. The summed E-state index contributed by atoms with van der Waals surface area (Å²) < 4.78 is 11.1. The van der Waals surface area contributed by atoms with Crippen LogP contribution in [0.25, 0.3) is 0 Å². The van der Waals surface area contributed by atoms with Crippen molar-refractivity contribution >= 4 is 74.4 Å². The maximum absolute atomic E-state index is 5.57. The number of hydrogen-bond acceptors (Lipinski definition) is 8. The Hall–Kier alpha value is 1.42. The van der Waals surface area contributed by atoms with E-state index in [1.54, 1.807) is 0 Å². The van der Waals surface area contributed by atoms with Crippen molar-refractivity contribution in [1.29, 1.82) is 0 Å². The molecule has 0 bridgehead atoms. The zero-order chi connectivity index (χ0) is 17.0. The smallest absolute Gasteiger partial charge is 0.0591 e. The first-order valence-corrected chi connectivity index (χ1v) is 9.40. The van der Waals surface area contributed by atoms with Gasteiger partial charge in [0.15, 0.2) is 0 Å². The average molecular weight is 565 g/mol. The monoisotopic (exact) mass is 562 g/mol. The molecule has 6 N–H and O–H groups in total. The predicted molar refractivity (Wildman–Crippen MR) is 142 cm³/mol. The number of halogens is 6. The number of hydrogen-bond donors (Lipinski definition) is 6. The molecule has 192 valence electrons. The number of rotatable bonds is 0. The fourth-order valence-electron chi connectivity index (χ4n) is 2.24. The van der Waals surface area contributed by atoms with Gasteiger partial charge in [-0.05, 0) is 0 Å². The van der Waals surface area contributed by atoms with E-state index in [0.29, 0.717) is 0 Å². The van der Waals surface area contributed by atoms with Gasteiger partial charge in [0.2, 0.25) is 0 Å². The summed E-state index contributed by atoms with van der Waals surface area (Å²) in [5.41, 5.74) is 0. The molecule has 0 saturated carbocycles. The van der Waals surface area contributed by atoms with Crippen LogP contribution in [0.15, 0.2) is 0 Å². The lowest BCUT2D eigenvalue weighted by atomic mass is 10.5. The van der Waals surface area contributed by atoms with Gasteiger partial charge in [-0.2, -0.15) is 0 Å². The fourth-order valence-corrected chi connectivity index (χ4v) is 2.24. The Bertz CT molecular complexity index is 160. The van der Waals surface area contributed by atoms with Gasteiger partial charge in [-0.15, -0.1) is 74.4 Å². The van der Waals surface area contributed by atoms with Gasteiger partial charge in [-0.3, -0.25) is 0 Å². The van der Waals surface area contributed by atoms with E-state index < -0.39 is 0 Å². The lowest BCUT2D eigenvalue weighted by Crippen LogP contribution is -2.36. The van der Waals surface area contributed by atoms with Crippen molar-refractivity contribution in [1.82, 2.24) is 31.9 Å². The molecule has 0 aromatic carbocycles. The highest BCUT2D eigenvalue weighted by Gasteiger charge is 1.94. The molecular formula is C16H44Cl6N6O2. The summed E-state index contributed by atoms with van der Waals surface area (Å²) in [5, 5.41) is 20.3. The third-order valence-electron chi connectivity index (χ3n) is 3.61. The summed E-state index contributed by atoms with van der Waals surface area (Å²) in [4.78, 5) is 0. The first-order chi connectivity index (χ1) is 12.0. The molecule has 0 aromatic heterocycles. The lowest BCUT2D eigenvalue weighted by molar-refractivity contribution is 0.137. The molecule has 1 aliphatic heterocycles. The second kappa shape index (κ2) is 40.7. The van der Waals surface area contributed by atoms with E-state index in [0.717, 1.165) is 105 Å². The van der Waals surface area contributed by atoms with Crippen molar-refractivity contribution in [3.8, 4) is 0 Å². The predicted octanol–water partition coefficient (Wildman–Crippen LogP) is 0.102. The molecule has 0 atom stereocenters. The Kier molecular flexibility index (Phi) is 61.1. The van der Waals surface area contributed by atoms with E-state index >= 15 is 0 Å². The molecule has 0 aromatic rings. The van der Waals surface area contributed by atoms with E-state index in [1.807, 2.05) is 0 Å². The molecule has 1 fully saturated rings. The van der Waals surface area contributed by atoms with E-state index in [9.17, 15) is 0 Å². The summed E-state index contributed by atoms with van der Waals surface area (Å²) in [6.07, 6.45) is 0. The van der Waals surface area contributed by atoms with Gasteiger partial charge in [-0.25, -0.2) is 0 Å². The summed E-state index contributed by atoms with van der Waals surface area (Å²) in [7, 11) is 0. The van der Waals surface area contributed by atoms with Crippen molar-refractivity contribution in [2.45, 2.75) is 0 Å². The fraction of sp³-hybridized carbons (Fsp3) is 1.00. The number of nitrogens with one attached hydrogen (secondary N) is 6. The molecule has 30 heavy (non-hydrogen) atoms. The quantitative estimate of drug-likeness (QED) is 0.247. The van der Waals surface area contributed by atoms with Crippen LogP contribution in [0.1, 0.15) is 0 Å². The van der Waals surface area contributed by atoms with Crippen molar-refractivity contribution < 1.29 is 9.47 Å². The molecular weight excluding hydrogens is 521 g/mol. The number of ether oxygens (including phenoxy) is 2. The van der Waals surface area contributed by atoms with E-state index in [-0.39, 0.29) is 74.4 Å². The summed E-state index contributed by atoms with van der Waals surface area (Å²) in [6.45, 7) is 14.6. The van der Waals surface area contributed by atoms with Gasteiger partial charge in [0.25, 0.3) is 0 Å². The molecule has 1 saturated heterocycles. The Morgan fingerprint density at radius 2 is 0.433 bits per heavy atom.